The summed E-state index contributed by atoms with van der Waals surface area (Å²) in [6.45, 7) is -0.167. The van der Waals surface area contributed by atoms with Crippen molar-refractivity contribution in [1.29, 1.82) is 0 Å². The summed E-state index contributed by atoms with van der Waals surface area (Å²) in [6, 6.07) is 7.36. The van der Waals surface area contributed by atoms with Gasteiger partial charge in [0.1, 0.15) is 23.4 Å². The molecule has 3 atom stereocenters. The maximum absolute atomic E-state index is 11.0. The quantitative estimate of drug-likeness (QED) is 0.421. The highest BCUT2D eigenvalue weighted by atomic mass is 32.2. The predicted molar refractivity (Wildman–Crippen MR) is 109 cm³/mol. The third-order valence-corrected chi connectivity index (χ3v) is 5.56. The number of fused-ring (bicyclic) bond motifs is 1. The Morgan fingerprint density at radius 3 is 2.87 bits per heavy atom. The van der Waals surface area contributed by atoms with Crippen LogP contribution in [-0.4, -0.2) is 59.3 Å². The Morgan fingerprint density at radius 1 is 1.30 bits per heavy atom. The number of methoxy groups -OCH3 is 1. The summed E-state index contributed by atoms with van der Waals surface area (Å²) in [6.07, 6.45) is 1.60. The highest BCUT2D eigenvalue weighted by Gasteiger charge is 2.34. The summed E-state index contributed by atoms with van der Waals surface area (Å²) >= 11 is 0. The van der Waals surface area contributed by atoms with Crippen LogP contribution in [0.15, 0.2) is 30.6 Å². The number of H-pyrrole nitrogens is 1. The van der Waals surface area contributed by atoms with Crippen molar-refractivity contribution in [2.24, 2.45) is 11.1 Å². The van der Waals surface area contributed by atoms with Crippen molar-refractivity contribution < 1.29 is 22.4 Å². The first-order valence-corrected chi connectivity index (χ1v) is 10.8. The third-order valence-electron chi connectivity index (χ3n) is 5.10. The number of aliphatic hydroxyl groups excluding tert-OH is 1. The minimum Gasteiger partial charge on any atom is -0.496 e. The minimum atomic E-state index is -4.05. The molecule has 0 bridgehead atoms. The molecule has 1 aliphatic rings. The van der Waals surface area contributed by atoms with E-state index in [0.717, 1.165) is 5.56 Å². The normalized spacial score (nSPS) is 21.8. The van der Waals surface area contributed by atoms with E-state index in [-0.39, 0.29) is 18.6 Å². The summed E-state index contributed by atoms with van der Waals surface area (Å²) in [5.74, 6) is 1.45. The zero-order chi connectivity index (χ0) is 21.3. The number of ether oxygens (including phenoxy) is 1. The average Bonchev–Trinajstić information content (AvgIpc) is 3.29. The standard InChI is InChI=1S/C18H22N6O5S/c1-28-14-5-3-2-4-12(14)16-23-15-17(20-9-21-18(15)24-16)22-11-6-10(13(25)7-11)8-29-30(19,26)27/h2-5,9-11,13,25H,6-8H2,1H3,(H2,19,26,27)(H2,20,21,22,23,24)/t10-,11+,13-/m0/s1. The maximum atomic E-state index is 11.0. The molecule has 0 saturated heterocycles. The molecule has 0 amide bonds. The smallest absolute Gasteiger partial charge is 0.333 e. The molecule has 30 heavy (non-hydrogen) atoms. The molecule has 12 heteroatoms. The number of nitrogens with two attached hydrogens (primary N) is 1. The predicted octanol–water partition coefficient (Wildman–Crippen LogP) is 0.800. The lowest BCUT2D eigenvalue weighted by Crippen LogP contribution is -2.24. The second-order valence-electron chi connectivity index (χ2n) is 7.12. The van der Waals surface area contributed by atoms with Crippen LogP contribution in [0.5, 0.6) is 5.75 Å². The van der Waals surface area contributed by atoms with Crippen LogP contribution in [0.25, 0.3) is 22.6 Å². The Balaban J connectivity index is 1.55. The molecular formula is C18H22N6O5S. The van der Waals surface area contributed by atoms with Gasteiger partial charge in [-0.15, -0.1) is 0 Å². The molecular weight excluding hydrogens is 412 g/mol. The summed E-state index contributed by atoms with van der Waals surface area (Å²) in [4.78, 5) is 16.3. The van der Waals surface area contributed by atoms with E-state index in [2.05, 4.69) is 29.4 Å². The minimum absolute atomic E-state index is 0.134. The maximum Gasteiger partial charge on any atom is 0.333 e. The summed E-state index contributed by atoms with van der Waals surface area (Å²) in [7, 11) is -2.45. The SMILES string of the molecule is COc1ccccc1-c1nc2ncnc(N[C@@H]3C[C@@H](COS(N)(=O)=O)[C@@H](O)C3)c2[nH]1. The summed E-state index contributed by atoms with van der Waals surface area (Å²) in [5, 5.41) is 18.4. The first-order chi connectivity index (χ1) is 14.3. The molecule has 0 radical (unpaired) electrons. The van der Waals surface area contributed by atoms with E-state index < -0.39 is 16.4 Å². The van der Waals surface area contributed by atoms with Crippen LogP contribution in [0, 0.1) is 5.92 Å². The van der Waals surface area contributed by atoms with Crippen LogP contribution in [-0.2, 0) is 14.5 Å². The zero-order valence-electron chi connectivity index (χ0n) is 16.1. The van der Waals surface area contributed by atoms with Crippen LogP contribution in [0.1, 0.15) is 12.8 Å². The number of benzene rings is 1. The molecule has 4 rings (SSSR count). The number of para-hydroxylation sites is 1. The van der Waals surface area contributed by atoms with Crippen LogP contribution >= 0.6 is 0 Å². The summed E-state index contributed by atoms with van der Waals surface area (Å²) in [5.41, 5.74) is 1.90. The van der Waals surface area contributed by atoms with Gasteiger partial charge in [0.2, 0.25) is 0 Å². The van der Waals surface area contributed by atoms with Crippen molar-refractivity contribution in [3.8, 4) is 17.1 Å². The van der Waals surface area contributed by atoms with Crippen LogP contribution in [0.2, 0.25) is 0 Å². The Hall–Kier alpha value is -2.80. The van der Waals surface area contributed by atoms with Gasteiger partial charge in [-0.2, -0.15) is 8.42 Å². The van der Waals surface area contributed by atoms with Gasteiger partial charge in [-0.3, -0.25) is 4.18 Å². The van der Waals surface area contributed by atoms with Gasteiger partial charge in [0.05, 0.1) is 25.4 Å². The fraction of sp³-hybridized carbons (Fsp3) is 0.389. The lowest BCUT2D eigenvalue weighted by atomic mass is 10.1. The van der Waals surface area contributed by atoms with Crippen molar-refractivity contribution in [2.75, 3.05) is 19.0 Å². The number of aromatic nitrogens is 4. The van der Waals surface area contributed by atoms with E-state index >= 15 is 0 Å². The third kappa shape index (κ3) is 4.36. The van der Waals surface area contributed by atoms with Gasteiger partial charge in [-0.25, -0.2) is 20.1 Å². The van der Waals surface area contributed by atoms with E-state index in [9.17, 15) is 13.5 Å². The van der Waals surface area contributed by atoms with E-state index in [1.165, 1.54) is 6.33 Å². The number of aromatic amines is 1. The number of aliphatic hydroxyl groups is 1. The second-order valence-corrected chi connectivity index (χ2v) is 8.35. The zero-order valence-corrected chi connectivity index (χ0v) is 17.0. The average molecular weight is 434 g/mol. The van der Waals surface area contributed by atoms with Gasteiger partial charge in [0.25, 0.3) is 0 Å². The molecule has 2 heterocycles. The molecule has 1 fully saturated rings. The van der Waals surface area contributed by atoms with E-state index in [0.29, 0.717) is 41.4 Å². The highest BCUT2D eigenvalue weighted by molar-refractivity contribution is 7.84. The Bertz CT molecular complexity index is 1150. The summed E-state index contributed by atoms with van der Waals surface area (Å²) < 4.78 is 32.0. The molecule has 160 valence electrons. The fourth-order valence-electron chi connectivity index (χ4n) is 3.68. The Kier molecular flexibility index (Phi) is 5.56. The first kappa shape index (κ1) is 20.5. The number of anilines is 1. The van der Waals surface area contributed by atoms with E-state index in [1.54, 1.807) is 7.11 Å². The van der Waals surface area contributed by atoms with Crippen molar-refractivity contribution in [3.05, 3.63) is 30.6 Å². The van der Waals surface area contributed by atoms with Crippen molar-refractivity contribution in [2.45, 2.75) is 25.0 Å². The number of nitrogens with zero attached hydrogens (tertiary/aromatic N) is 3. The van der Waals surface area contributed by atoms with Crippen LogP contribution < -0.4 is 15.2 Å². The van der Waals surface area contributed by atoms with E-state index in [1.807, 2.05) is 24.3 Å². The van der Waals surface area contributed by atoms with Crippen molar-refractivity contribution in [3.63, 3.8) is 0 Å². The van der Waals surface area contributed by atoms with Crippen LogP contribution in [0.4, 0.5) is 5.82 Å². The topological polar surface area (TPSA) is 165 Å². The van der Waals surface area contributed by atoms with Crippen LogP contribution in [0.3, 0.4) is 0 Å². The van der Waals surface area contributed by atoms with Gasteiger partial charge < -0.3 is 20.1 Å². The lowest BCUT2D eigenvalue weighted by molar-refractivity contribution is 0.101. The highest BCUT2D eigenvalue weighted by Crippen LogP contribution is 2.32. The Morgan fingerprint density at radius 2 is 2.10 bits per heavy atom. The molecule has 0 aliphatic heterocycles. The number of nitrogens with one attached hydrogen (secondary N) is 2. The van der Waals surface area contributed by atoms with Gasteiger partial charge in [0, 0.05) is 12.0 Å². The van der Waals surface area contributed by atoms with Crippen molar-refractivity contribution >= 4 is 27.3 Å². The van der Waals surface area contributed by atoms with Gasteiger partial charge >= 0.3 is 10.3 Å². The Labute approximate surface area is 172 Å². The monoisotopic (exact) mass is 434 g/mol. The number of hydrogen-bond donors (Lipinski definition) is 4. The molecule has 1 aliphatic carbocycles. The largest absolute Gasteiger partial charge is 0.496 e. The van der Waals surface area contributed by atoms with Gasteiger partial charge in [-0.1, -0.05) is 12.1 Å². The molecule has 11 nitrogen and oxygen atoms in total. The lowest BCUT2D eigenvalue weighted by Gasteiger charge is -2.14. The van der Waals surface area contributed by atoms with E-state index in [4.69, 9.17) is 9.88 Å². The molecule has 0 spiro atoms. The number of hydrogen-bond acceptors (Lipinski definition) is 9. The van der Waals surface area contributed by atoms with Gasteiger partial charge in [-0.05, 0) is 25.0 Å². The first-order valence-electron chi connectivity index (χ1n) is 9.30. The molecule has 0 unspecified atom stereocenters. The molecule has 3 aromatic rings. The fourth-order valence-corrected chi connectivity index (χ4v) is 4.05. The molecule has 1 aromatic carbocycles. The molecule has 2 aromatic heterocycles. The van der Waals surface area contributed by atoms with Gasteiger partial charge in [0.15, 0.2) is 11.5 Å². The molecule has 1 saturated carbocycles. The number of rotatable bonds is 7. The molecule has 5 N–H and O–H groups in total. The van der Waals surface area contributed by atoms with Crippen molar-refractivity contribution in [1.82, 2.24) is 19.9 Å². The number of imidazole rings is 1. The second kappa shape index (κ2) is 8.14.